The standard InChI is InChI=1S/C15H18O4/c1-8-4-5-10-9(2)14(17)18-13(10)15(3)11(8)6-7-12(16)19-15/h10,13H,2,4-7H2,1,3H3/t10-,13+,15+/m0/s1. The fourth-order valence-corrected chi connectivity index (χ4v) is 3.64. The first-order valence-corrected chi connectivity index (χ1v) is 6.74. The quantitative estimate of drug-likeness (QED) is 0.382. The molecule has 0 aromatic rings. The van der Waals surface area contributed by atoms with Crippen LogP contribution >= 0.6 is 0 Å². The maximum Gasteiger partial charge on any atom is 0.334 e. The summed E-state index contributed by atoms with van der Waals surface area (Å²) >= 11 is 0. The highest BCUT2D eigenvalue weighted by Crippen LogP contribution is 2.48. The normalized spacial score (nSPS) is 38.3. The lowest BCUT2D eigenvalue weighted by Crippen LogP contribution is -2.50. The average Bonchev–Trinajstić information content (AvgIpc) is 2.58. The minimum Gasteiger partial charge on any atom is -0.454 e. The zero-order valence-electron chi connectivity index (χ0n) is 11.3. The van der Waals surface area contributed by atoms with Crippen molar-refractivity contribution >= 4 is 11.9 Å². The average molecular weight is 262 g/mol. The van der Waals surface area contributed by atoms with Crippen molar-refractivity contribution in [2.45, 2.75) is 51.2 Å². The van der Waals surface area contributed by atoms with E-state index in [1.165, 1.54) is 5.57 Å². The van der Waals surface area contributed by atoms with Gasteiger partial charge in [0.2, 0.25) is 0 Å². The molecule has 0 amide bonds. The number of carbonyl (C=O) groups is 2. The van der Waals surface area contributed by atoms with Crippen molar-refractivity contribution in [3.63, 3.8) is 0 Å². The van der Waals surface area contributed by atoms with Crippen LogP contribution in [0.5, 0.6) is 0 Å². The van der Waals surface area contributed by atoms with Crippen LogP contribution in [-0.2, 0) is 19.1 Å². The Balaban J connectivity index is 2.09. The van der Waals surface area contributed by atoms with Gasteiger partial charge in [0.1, 0.15) is 0 Å². The molecule has 0 radical (unpaired) electrons. The van der Waals surface area contributed by atoms with E-state index in [4.69, 9.17) is 9.47 Å². The lowest BCUT2D eigenvalue weighted by atomic mass is 9.79. The smallest absolute Gasteiger partial charge is 0.334 e. The van der Waals surface area contributed by atoms with Crippen LogP contribution in [0.25, 0.3) is 0 Å². The molecule has 0 unspecified atom stereocenters. The van der Waals surface area contributed by atoms with Gasteiger partial charge in [-0.15, -0.1) is 0 Å². The topological polar surface area (TPSA) is 52.6 Å². The summed E-state index contributed by atoms with van der Waals surface area (Å²) in [6, 6.07) is 0. The molecule has 3 aliphatic rings. The number of hydrogen-bond acceptors (Lipinski definition) is 4. The van der Waals surface area contributed by atoms with Crippen LogP contribution in [0.4, 0.5) is 0 Å². The largest absolute Gasteiger partial charge is 0.454 e. The van der Waals surface area contributed by atoms with Crippen molar-refractivity contribution in [1.82, 2.24) is 0 Å². The van der Waals surface area contributed by atoms with Gasteiger partial charge in [0, 0.05) is 17.9 Å². The van der Waals surface area contributed by atoms with Crippen molar-refractivity contribution in [3.8, 4) is 0 Å². The van der Waals surface area contributed by atoms with E-state index in [1.807, 2.05) is 6.92 Å². The molecule has 0 bridgehead atoms. The first-order chi connectivity index (χ1) is 8.93. The molecule has 2 aliphatic heterocycles. The molecule has 1 aliphatic carbocycles. The first kappa shape index (κ1) is 12.5. The van der Waals surface area contributed by atoms with E-state index in [0.29, 0.717) is 18.4 Å². The van der Waals surface area contributed by atoms with Gasteiger partial charge in [-0.05, 0) is 38.7 Å². The number of carbonyl (C=O) groups excluding carboxylic acids is 2. The van der Waals surface area contributed by atoms with Gasteiger partial charge >= 0.3 is 11.9 Å². The Bertz CT molecular complexity index is 516. The van der Waals surface area contributed by atoms with Crippen molar-refractivity contribution in [2.24, 2.45) is 5.92 Å². The SMILES string of the molecule is C=C1C(=O)O[C@@H]2[C@H]1CCC(C)=C1CCC(=O)O[C@]12C. The summed E-state index contributed by atoms with van der Waals surface area (Å²) in [4.78, 5) is 23.4. The molecule has 4 heteroatoms. The molecule has 0 aromatic carbocycles. The van der Waals surface area contributed by atoms with Crippen molar-refractivity contribution in [2.75, 3.05) is 0 Å². The Morgan fingerprint density at radius 3 is 2.74 bits per heavy atom. The Morgan fingerprint density at radius 1 is 1.26 bits per heavy atom. The summed E-state index contributed by atoms with van der Waals surface area (Å²) in [5.74, 6) is -0.610. The van der Waals surface area contributed by atoms with E-state index in [1.54, 1.807) is 0 Å². The van der Waals surface area contributed by atoms with Crippen molar-refractivity contribution in [1.29, 1.82) is 0 Å². The molecule has 2 saturated heterocycles. The number of allylic oxidation sites excluding steroid dienone is 1. The third kappa shape index (κ3) is 1.66. The van der Waals surface area contributed by atoms with E-state index in [2.05, 4.69) is 13.5 Å². The molecule has 3 atom stereocenters. The molecule has 0 aromatic heterocycles. The lowest BCUT2D eigenvalue weighted by Gasteiger charge is -2.40. The predicted molar refractivity (Wildman–Crippen MR) is 68.2 cm³/mol. The summed E-state index contributed by atoms with van der Waals surface area (Å²) in [5.41, 5.74) is 2.09. The van der Waals surface area contributed by atoms with Gasteiger partial charge in [0.25, 0.3) is 0 Å². The highest BCUT2D eigenvalue weighted by atomic mass is 16.6. The number of ether oxygens (including phenoxy) is 2. The molecule has 2 heterocycles. The number of hydrogen-bond donors (Lipinski definition) is 0. The summed E-state index contributed by atoms with van der Waals surface area (Å²) in [6.07, 6.45) is 2.43. The predicted octanol–water partition coefficient (Wildman–Crippen LogP) is 2.29. The van der Waals surface area contributed by atoms with E-state index < -0.39 is 11.7 Å². The minimum absolute atomic E-state index is 0.0455. The molecule has 3 rings (SSSR count). The van der Waals surface area contributed by atoms with Gasteiger partial charge in [0.05, 0.1) is 0 Å². The molecule has 4 nitrogen and oxygen atoms in total. The van der Waals surface area contributed by atoms with E-state index in [-0.39, 0.29) is 17.9 Å². The Hall–Kier alpha value is -1.58. The van der Waals surface area contributed by atoms with Gasteiger partial charge in [-0.25, -0.2) is 4.79 Å². The fraction of sp³-hybridized carbons (Fsp3) is 0.600. The van der Waals surface area contributed by atoms with E-state index in [9.17, 15) is 9.59 Å². The molecular formula is C15H18O4. The molecule has 2 fully saturated rings. The molecule has 0 N–H and O–H groups in total. The van der Waals surface area contributed by atoms with E-state index >= 15 is 0 Å². The second-order valence-electron chi connectivity index (χ2n) is 5.84. The third-order valence-electron chi connectivity index (χ3n) is 4.70. The second kappa shape index (κ2) is 3.95. The third-order valence-corrected chi connectivity index (χ3v) is 4.70. The van der Waals surface area contributed by atoms with Crippen LogP contribution in [0.3, 0.4) is 0 Å². The number of fused-ring (bicyclic) bond motifs is 3. The molecule has 0 saturated carbocycles. The Kier molecular flexibility index (Phi) is 2.59. The van der Waals surface area contributed by atoms with Gasteiger partial charge in [-0.2, -0.15) is 0 Å². The highest BCUT2D eigenvalue weighted by Gasteiger charge is 2.56. The van der Waals surface area contributed by atoms with Gasteiger partial charge in [-0.3, -0.25) is 4.79 Å². The molecular weight excluding hydrogens is 244 g/mol. The maximum absolute atomic E-state index is 11.8. The van der Waals surface area contributed by atoms with Crippen LogP contribution in [0.1, 0.15) is 39.5 Å². The number of esters is 2. The van der Waals surface area contributed by atoms with Gasteiger partial charge < -0.3 is 9.47 Å². The summed E-state index contributed by atoms with van der Waals surface area (Å²) in [6.45, 7) is 7.79. The Labute approximate surface area is 112 Å². The zero-order valence-corrected chi connectivity index (χ0v) is 11.3. The summed E-state index contributed by atoms with van der Waals surface area (Å²) in [5, 5.41) is 0. The number of rotatable bonds is 0. The first-order valence-electron chi connectivity index (χ1n) is 6.74. The van der Waals surface area contributed by atoms with E-state index in [0.717, 1.165) is 18.4 Å². The summed E-state index contributed by atoms with van der Waals surface area (Å²) < 4.78 is 11.1. The molecule has 19 heavy (non-hydrogen) atoms. The zero-order chi connectivity index (χ0) is 13.8. The fourth-order valence-electron chi connectivity index (χ4n) is 3.64. The molecule has 102 valence electrons. The van der Waals surface area contributed by atoms with Gasteiger partial charge in [0.15, 0.2) is 11.7 Å². The second-order valence-corrected chi connectivity index (χ2v) is 5.84. The van der Waals surface area contributed by atoms with Crippen LogP contribution in [0.2, 0.25) is 0 Å². The van der Waals surface area contributed by atoms with Crippen LogP contribution < -0.4 is 0 Å². The maximum atomic E-state index is 11.8. The van der Waals surface area contributed by atoms with Crippen molar-refractivity contribution < 1.29 is 19.1 Å². The highest BCUT2D eigenvalue weighted by molar-refractivity contribution is 5.91. The van der Waals surface area contributed by atoms with Crippen LogP contribution in [0.15, 0.2) is 23.3 Å². The van der Waals surface area contributed by atoms with Crippen LogP contribution in [0, 0.1) is 5.92 Å². The Morgan fingerprint density at radius 2 is 2.00 bits per heavy atom. The minimum atomic E-state index is -0.810. The van der Waals surface area contributed by atoms with Crippen LogP contribution in [-0.4, -0.2) is 23.6 Å². The van der Waals surface area contributed by atoms with Crippen molar-refractivity contribution in [3.05, 3.63) is 23.3 Å². The molecule has 0 spiro atoms. The monoisotopic (exact) mass is 262 g/mol. The lowest BCUT2D eigenvalue weighted by molar-refractivity contribution is -0.177. The van der Waals surface area contributed by atoms with Gasteiger partial charge in [-0.1, -0.05) is 12.2 Å². The summed E-state index contributed by atoms with van der Waals surface area (Å²) in [7, 11) is 0.